The van der Waals surface area contributed by atoms with E-state index in [0.717, 1.165) is 42.1 Å². The molecule has 1 aliphatic heterocycles. The van der Waals surface area contributed by atoms with Crippen molar-refractivity contribution < 1.29 is 13.2 Å². The molecule has 25 heavy (non-hydrogen) atoms. The largest absolute Gasteiger partial charge is 0.347 e. The fourth-order valence-electron chi connectivity index (χ4n) is 2.56. The van der Waals surface area contributed by atoms with E-state index < -0.39 is 10.0 Å². The zero-order chi connectivity index (χ0) is 17.0. The summed E-state index contributed by atoms with van der Waals surface area (Å²) in [6.45, 7) is 1.90. The average Bonchev–Trinajstić information content (AvgIpc) is 3.26. The highest BCUT2D eigenvalue weighted by Crippen LogP contribution is 2.23. The van der Waals surface area contributed by atoms with Gasteiger partial charge in [-0.3, -0.25) is 4.79 Å². The van der Waals surface area contributed by atoms with Gasteiger partial charge >= 0.3 is 0 Å². The second-order valence-corrected chi connectivity index (χ2v) is 9.22. The molecule has 2 aromatic heterocycles. The van der Waals surface area contributed by atoms with Crippen LogP contribution in [0.5, 0.6) is 0 Å². The first kappa shape index (κ1) is 20.3. The third kappa shape index (κ3) is 5.25. The third-order valence-corrected chi connectivity index (χ3v) is 7.14. The van der Waals surface area contributed by atoms with E-state index in [4.69, 9.17) is 0 Å². The van der Waals surface area contributed by atoms with E-state index in [1.165, 1.54) is 17.4 Å². The quantitative estimate of drug-likeness (QED) is 0.667. The van der Waals surface area contributed by atoms with Crippen LogP contribution in [0.25, 0.3) is 0 Å². The molecule has 6 nitrogen and oxygen atoms in total. The van der Waals surface area contributed by atoms with Crippen LogP contribution in [-0.2, 0) is 16.6 Å². The fraction of sp³-hybridized carbons (Fsp3) is 0.400. The van der Waals surface area contributed by atoms with Gasteiger partial charge < -0.3 is 10.6 Å². The van der Waals surface area contributed by atoms with Gasteiger partial charge in [0.2, 0.25) is 10.0 Å². The molecule has 1 unspecified atom stereocenters. The van der Waals surface area contributed by atoms with Crippen molar-refractivity contribution in [3.05, 3.63) is 38.7 Å². The average molecular weight is 422 g/mol. The molecule has 0 radical (unpaired) electrons. The van der Waals surface area contributed by atoms with Gasteiger partial charge in [0, 0.05) is 24.0 Å². The van der Waals surface area contributed by atoms with Crippen molar-refractivity contribution in [3.63, 3.8) is 0 Å². The smallest absolute Gasteiger partial charge is 0.263 e. The zero-order valence-corrected chi connectivity index (χ0v) is 16.6. The molecule has 0 spiro atoms. The summed E-state index contributed by atoms with van der Waals surface area (Å²) in [7, 11) is -3.72. The van der Waals surface area contributed by atoms with Crippen LogP contribution < -0.4 is 15.4 Å². The Balaban J connectivity index is 0.00000225. The van der Waals surface area contributed by atoms with Crippen LogP contribution in [0.3, 0.4) is 0 Å². The maximum Gasteiger partial charge on any atom is 0.263 e. The first-order valence-corrected chi connectivity index (χ1v) is 10.9. The predicted molar refractivity (Wildman–Crippen MR) is 103 cm³/mol. The Hall–Kier alpha value is -0.970. The van der Waals surface area contributed by atoms with Crippen molar-refractivity contribution >= 4 is 51.0 Å². The van der Waals surface area contributed by atoms with Crippen LogP contribution in [0.2, 0.25) is 0 Å². The number of thiophene rings is 2. The molecule has 1 atom stereocenters. The molecule has 0 aromatic carbocycles. The summed E-state index contributed by atoms with van der Waals surface area (Å²) in [5, 5.41) is 9.67. The van der Waals surface area contributed by atoms with Gasteiger partial charge in [0.05, 0.1) is 0 Å². The first-order valence-electron chi connectivity index (χ1n) is 7.67. The molecule has 1 aliphatic rings. The van der Waals surface area contributed by atoms with Gasteiger partial charge in [-0.2, -0.15) is 0 Å². The maximum atomic E-state index is 12.5. The molecule has 1 amide bonds. The lowest BCUT2D eigenvalue weighted by atomic mass is 10.1. The van der Waals surface area contributed by atoms with E-state index in [1.54, 1.807) is 5.38 Å². The second kappa shape index (κ2) is 9.11. The Morgan fingerprint density at radius 2 is 2.12 bits per heavy atom. The standard InChI is InChI=1S/C15H19N3O3S3.ClH/c19-15(18-11-3-1-6-16-9-11)14-13(5-8-23-14)24(20,21)17-10-12-4-2-7-22-12;/h2,4-5,7-8,11,16-17H,1,3,6,9-10H2,(H,18,19);1H. The summed E-state index contributed by atoms with van der Waals surface area (Å²) in [5.41, 5.74) is 0. The van der Waals surface area contributed by atoms with E-state index in [1.807, 2.05) is 17.5 Å². The van der Waals surface area contributed by atoms with Gasteiger partial charge in [-0.1, -0.05) is 6.07 Å². The topological polar surface area (TPSA) is 87.3 Å². The summed E-state index contributed by atoms with van der Waals surface area (Å²) in [5.74, 6) is -0.324. The van der Waals surface area contributed by atoms with Crippen LogP contribution in [-0.4, -0.2) is 33.5 Å². The van der Waals surface area contributed by atoms with Crippen LogP contribution in [0.4, 0.5) is 0 Å². The van der Waals surface area contributed by atoms with Crippen LogP contribution in [0, 0.1) is 0 Å². The highest BCUT2D eigenvalue weighted by Gasteiger charge is 2.25. The highest BCUT2D eigenvalue weighted by atomic mass is 35.5. The molecule has 3 heterocycles. The number of rotatable bonds is 6. The lowest BCUT2D eigenvalue weighted by molar-refractivity contribution is 0.0932. The molecule has 2 aromatic rings. The Kier molecular flexibility index (Phi) is 7.41. The SMILES string of the molecule is Cl.O=C(NC1CCCNC1)c1sccc1S(=O)(=O)NCc1cccs1. The summed E-state index contributed by atoms with van der Waals surface area (Å²) < 4.78 is 27.6. The molecule has 1 fully saturated rings. The fourth-order valence-corrected chi connectivity index (χ4v) is 5.63. The van der Waals surface area contributed by atoms with Crippen molar-refractivity contribution in [2.24, 2.45) is 0 Å². The van der Waals surface area contributed by atoms with Crippen molar-refractivity contribution in [1.29, 1.82) is 0 Å². The summed E-state index contributed by atoms with van der Waals surface area (Å²) in [6.07, 6.45) is 1.91. The second-order valence-electron chi connectivity index (χ2n) is 5.53. The zero-order valence-electron chi connectivity index (χ0n) is 13.4. The highest BCUT2D eigenvalue weighted by molar-refractivity contribution is 7.89. The van der Waals surface area contributed by atoms with Gasteiger partial charge in [0.1, 0.15) is 9.77 Å². The van der Waals surface area contributed by atoms with E-state index in [2.05, 4.69) is 15.4 Å². The molecular weight excluding hydrogens is 402 g/mol. The lowest BCUT2D eigenvalue weighted by Crippen LogP contribution is -2.45. The van der Waals surface area contributed by atoms with Crippen LogP contribution in [0.15, 0.2) is 33.9 Å². The molecule has 0 saturated carbocycles. The molecule has 3 N–H and O–H groups in total. The van der Waals surface area contributed by atoms with Crippen molar-refractivity contribution in [3.8, 4) is 0 Å². The van der Waals surface area contributed by atoms with E-state index >= 15 is 0 Å². The lowest BCUT2D eigenvalue weighted by Gasteiger charge is -2.23. The summed E-state index contributed by atoms with van der Waals surface area (Å²) in [6, 6.07) is 5.26. The number of hydrogen-bond donors (Lipinski definition) is 3. The van der Waals surface area contributed by atoms with E-state index in [-0.39, 0.29) is 40.7 Å². The number of carbonyl (C=O) groups is 1. The van der Waals surface area contributed by atoms with Gasteiger partial charge in [0.15, 0.2) is 0 Å². The predicted octanol–water partition coefficient (Wildman–Crippen LogP) is 2.19. The Morgan fingerprint density at radius 3 is 2.80 bits per heavy atom. The van der Waals surface area contributed by atoms with E-state index in [0.29, 0.717) is 0 Å². The van der Waals surface area contributed by atoms with Gasteiger partial charge in [0.25, 0.3) is 5.91 Å². The number of hydrogen-bond acceptors (Lipinski definition) is 6. The number of nitrogens with one attached hydrogen (secondary N) is 3. The van der Waals surface area contributed by atoms with Crippen molar-refractivity contribution in [2.45, 2.75) is 30.3 Å². The molecule has 0 aliphatic carbocycles. The number of carbonyl (C=O) groups excluding carboxylic acids is 1. The summed E-state index contributed by atoms with van der Waals surface area (Å²) >= 11 is 2.63. The Labute approximate surface area is 161 Å². The van der Waals surface area contributed by atoms with Crippen LogP contribution >= 0.6 is 35.1 Å². The summed E-state index contributed by atoms with van der Waals surface area (Å²) in [4.78, 5) is 13.7. The van der Waals surface area contributed by atoms with E-state index in [9.17, 15) is 13.2 Å². The Bertz CT molecular complexity index is 784. The molecule has 0 bridgehead atoms. The maximum absolute atomic E-state index is 12.5. The molecule has 10 heteroatoms. The van der Waals surface area contributed by atoms with Gasteiger partial charge in [-0.25, -0.2) is 13.1 Å². The normalized spacial score (nSPS) is 17.7. The molecule has 3 rings (SSSR count). The number of sulfonamides is 1. The molecule has 1 saturated heterocycles. The minimum Gasteiger partial charge on any atom is -0.347 e. The van der Waals surface area contributed by atoms with Gasteiger partial charge in [-0.05, 0) is 42.3 Å². The number of halogens is 1. The third-order valence-electron chi connectivity index (χ3n) is 3.77. The molecular formula is C15H20ClN3O3S3. The Morgan fingerprint density at radius 1 is 1.28 bits per heavy atom. The monoisotopic (exact) mass is 421 g/mol. The van der Waals surface area contributed by atoms with Crippen molar-refractivity contribution in [1.82, 2.24) is 15.4 Å². The number of amides is 1. The minimum absolute atomic E-state index is 0. The first-order chi connectivity index (χ1) is 11.6. The number of piperidine rings is 1. The van der Waals surface area contributed by atoms with Gasteiger partial charge in [-0.15, -0.1) is 35.1 Å². The van der Waals surface area contributed by atoms with Crippen LogP contribution in [0.1, 0.15) is 27.4 Å². The molecule has 138 valence electrons. The minimum atomic E-state index is -3.72. The van der Waals surface area contributed by atoms with Crippen molar-refractivity contribution in [2.75, 3.05) is 13.1 Å².